The van der Waals surface area contributed by atoms with Gasteiger partial charge in [0, 0.05) is 17.1 Å². The predicted molar refractivity (Wildman–Crippen MR) is 235 cm³/mol. The molecule has 0 N–H and O–H groups in total. The second-order valence-electron chi connectivity index (χ2n) is 14.5. The Morgan fingerprint density at radius 2 is 0.607 bits per heavy atom. The standard InChI is InChI=1S/C55H39N/c1-5-17-40(18-6-1)43-29-33-48(34-30-43)56(50-38-44(41-19-7-2-8-20-41)37-45(39-50)42-21-9-3-10-22-42)49-35-31-47(32-36-49)55(46-23-11-4-12-24-46)53-27-15-13-25-51(53)52-26-14-16-28-54(52)55/h1-39H. The van der Waals surface area contributed by atoms with E-state index in [1.807, 2.05) is 0 Å². The molecule has 9 aromatic rings. The minimum absolute atomic E-state index is 0.456. The van der Waals surface area contributed by atoms with E-state index in [9.17, 15) is 0 Å². The van der Waals surface area contributed by atoms with Crippen molar-refractivity contribution in [2.45, 2.75) is 5.41 Å². The molecule has 9 aromatic carbocycles. The first-order chi connectivity index (χ1) is 27.8. The van der Waals surface area contributed by atoms with E-state index in [1.54, 1.807) is 0 Å². The highest BCUT2D eigenvalue weighted by atomic mass is 15.1. The second-order valence-corrected chi connectivity index (χ2v) is 14.5. The molecule has 0 aromatic heterocycles. The summed E-state index contributed by atoms with van der Waals surface area (Å²) in [6.45, 7) is 0. The van der Waals surface area contributed by atoms with Gasteiger partial charge in [-0.05, 0) is 109 Å². The molecule has 0 bridgehead atoms. The highest BCUT2D eigenvalue weighted by Gasteiger charge is 2.45. The molecule has 0 unspecified atom stereocenters. The maximum Gasteiger partial charge on any atom is 0.0713 e. The number of hydrogen-bond donors (Lipinski definition) is 0. The van der Waals surface area contributed by atoms with E-state index >= 15 is 0 Å². The summed E-state index contributed by atoms with van der Waals surface area (Å²) < 4.78 is 0. The van der Waals surface area contributed by atoms with Gasteiger partial charge in [0.15, 0.2) is 0 Å². The van der Waals surface area contributed by atoms with Crippen molar-refractivity contribution in [2.75, 3.05) is 4.90 Å². The van der Waals surface area contributed by atoms with E-state index in [0.717, 1.165) is 17.1 Å². The zero-order valence-corrected chi connectivity index (χ0v) is 31.0. The van der Waals surface area contributed by atoms with Gasteiger partial charge in [0.2, 0.25) is 0 Å². The van der Waals surface area contributed by atoms with Crippen molar-refractivity contribution in [3.05, 3.63) is 259 Å². The number of hydrogen-bond acceptors (Lipinski definition) is 1. The van der Waals surface area contributed by atoms with Crippen LogP contribution in [-0.2, 0) is 5.41 Å². The molecule has 1 aliphatic rings. The van der Waals surface area contributed by atoms with E-state index in [2.05, 4.69) is 241 Å². The lowest BCUT2D eigenvalue weighted by molar-refractivity contribution is 0.768. The molecular weight excluding hydrogens is 675 g/mol. The van der Waals surface area contributed by atoms with Crippen LogP contribution in [0.1, 0.15) is 22.3 Å². The largest absolute Gasteiger partial charge is 0.310 e. The van der Waals surface area contributed by atoms with Crippen LogP contribution in [0.4, 0.5) is 17.1 Å². The van der Waals surface area contributed by atoms with E-state index < -0.39 is 5.41 Å². The topological polar surface area (TPSA) is 3.24 Å². The van der Waals surface area contributed by atoms with Gasteiger partial charge in [-0.2, -0.15) is 0 Å². The van der Waals surface area contributed by atoms with Gasteiger partial charge in [0.05, 0.1) is 5.41 Å². The van der Waals surface area contributed by atoms with Crippen LogP contribution in [0.5, 0.6) is 0 Å². The molecule has 0 fully saturated rings. The normalized spacial score (nSPS) is 12.4. The van der Waals surface area contributed by atoms with E-state index in [4.69, 9.17) is 0 Å². The monoisotopic (exact) mass is 713 g/mol. The summed E-state index contributed by atoms with van der Waals surface area (Å²) in [7, 11) is 0. The summed E-state index contributed by atoms with van der Waals surface area (Å²) >= 11 is 0. The highest BCUT2D eigenvalue weighted by molar-refractivity contribution is 5.88. The van der Waals surface area contributed by atoms with Gasteiger partial charge in [-0.15, -0.1) is 0 Å². The molecule has 0 spiro atoms. The predicted octanol–water partition coefficient (Wildman–Crippen LogP) is 14.5. The van der Waals surface area contributed by atoms with Crippen LogP contribution in [0.2, 0.25) is 0 Å². The number of nitrogens with zero attached hydrogens (tertiary/aromatic N) is 1. The third-order valence-electron chi connectivity index (χ3n) is 11.3. The molecule has 0 aliphatic heterocycles. The molecule has 56 heavy (non-hydrogen) atoms. The van der Waals surface area contributed by atoms with Gasteiger partial charge in [-0.1, -0.05) is 194 Å². The van der Waals surface area contributed by atoms with Crippen LogP contribution in [0.3, 0.4) is 0 Å². The summed E-state index contributed by atoms with van der Waals surface area (Å²) in [5.41, 5.74) is 17.7. The summed E-state index contributed by atoms with van der Waals surface area (Å²) in [4.78, 5) is 2.41. The van der Waals surface area contributed by atoms with Gasteiger partial charge < -0.3 is 4.90 Å². The van der Waals surface area contributed by atoms with E-state index in [0.29, 0.717) is 0 Å². The molecule has 0 radical (unpaired) electrons. The van der Waals surface area contributed by atoms with Gasteiger partial charge in [0.1, 0.15) is 0 Å². The Morgan fingerprint density at radius 3 is 1.09 bits per heavy atom. The van der Waals surface area contributed by atoms with E-state index in [1.165, 1.54) is 66.8 Å². The van der Waals surface area contributed by atoms with Gasteiger partial charge in [-0.3, -0.25) is 0 Å². The molecular formula is C55H39N. The van der Waals surface area contributed by atoms with Crippen LogP contribution in [0, 0.1) is 0 Å². The van der Waals surface area contributed by atoms with Crippen molar-refractivity contribution < 1.29 is 0 Å². The van der Waals surface area contributed by atoms with E-state index in [-0.39, 0.29) is 0 Å². The lowest BCUT2D eigenvalue weighted by atomic mass is 9.68. The second kappa shape index (κ2) is 14.2. The van der Waals surface area contributed by atoms with Crippen LogP contribution < -0.4 is 4.90 Å². The van der Waals surface area contributed by atoms with Crippen molar-refractivity contribution >= 4 is 17.1 Å². The van der Waals surface area contributed by atoms with Gasteiger partial charge >= 0.3 is 0 Å². The molecule has 0 saturated heterocycles. The summed E-state index contributed by atoms with van der Waals surface area (Å²) in [6.07, 6.45) is 0. The Bertz CT molecular complexity index is 2650. The minimum atomic E-state index is -0.456. The molecule has 1 aliphatic carbocycles. The lowest BCUT2D eigenvalue weighted by Crippen LogP contribution is -2.28. The third-order valence-corrected chi connectivity index (χ3v) is 11.3. The first kappa shape index (κ1) is 33.4. The van der Waals surface area contributed by atoms with Crippen molar-refractivity contribution in [2.24, 2.45) is 0 Å². The summed E-state index contributed by atoms with van der Waals surface area (Å²) in [6, 6.07) is 86.2. The maximum atomic E-state index is 2.41. The molecule has 0 heterocycles. The van der Waals surface area contributed by atoms with Crippen molar-refractivity contribution in [3.8, 4) is 44.5 Å². The molecule has 0 amide bonds. The Morgan fingerprint density at radius 1 is 0.250 bits per heavy atom. The highest BCUT2D eigenvalue weighted by Crippen LogP contribution is 2.56. The number of rotatable bonds is 8. The van der Waals surface area contributed by atoms with Crippen molar-refractivity contribution in [3.63, 3.8) is 0 Å². The Hall–Kier alpha value is -7.22. The van der Waals surface area contributed by atoms with Gasteiger partial charge in [0.25, 0.3) is 0 Å². The molecule has 0 atom stereocenters. The fraction of sp³-hybridized carbons (Fsp3) is 0.0182. The van der Waals surface area contributed by atoms with Crippen LogP contribution in [0.25, 0.3) is 44.5 Å². The number of anilines is 3. The first-order valence-corrected chi connectivity index (χ1v) is 19.3. The average Bonchev–Trinajstić information content (AvgIpc) is 3.59. The summed E-state index contributed by atoms with van der Waals surface area (Å²) in [5.74, 6) is 0. The van der Waals surface area contributed by atoms with Crippen molar-refractivity contribution in [1.29, 1.82) is 0 Å². The zero-order valence-electron chi connectivity index (χ0n) is 31.0. The quantitative estimate of drug-likeness (QED) is 0.152. The Balaban J connectivity index is 1.17. The molecule has 1 heteroatoms. The third kappa shape index (κ3) is 5.73. The Kier molecular flexibility index (Phi) is 8.46. The average molecular weight is 714 g/mol. The zero-order chi connectivity index (χ0) is 37.3. The number of benzene rings is 9. The summed E-state index contributed by atoms with van der Waals surface area (Å²) in [5, 5.41) is 0. The van der Waals surface area contributed by atoms with Crippen LogP contribution in [0.15, 0.2) is 237 Å². The Labute approximate surface area is 329 Å². The van der Waals surface area contributed by atoms with Crippen molar-refractivity contribution in [1.82, 2.24) is 0 Å². The maximum absolute atomic E-state index is 2.41. The van der Waals surface area contributed by atoms with Gasteiger partial charge in [-0.25, -0.2) is 0 Å². The first-order valence-electron chi connectivity index (χ1n) is 19.3. The fourth-order valence-corrected chi connectivity index (χ4v) is 8.79. The molecule has 264 valence electrons. The minimum Gasteiger partial charge on any atom is -0.310 e. The molecule has 0 saturated carbocycles. The lowest BCUT2D eigenvalue weighted by Gasteiger charge is -2.34. The number of fused-ring (bicyclic) bond motifs is 3. The molecule has 10 rings (SSSR count). The SMILES string of the molecule is c1ccc(-c2ccc(N(c3ccc(C4(c5ccccc5)c5ccccc5-c5ccccc54)cc3)c3cc(-c4ccccc4)cc(-c4ccccc4)c3)cc2)cc1. The molecule has 1 nitrogen and oxygen atoms in total. The van der Waals surface area contributed by atoms with Crippen LogP contribution >= 0.6 is 0 Å². The fourth-order valence-electron chi connectivity index (χ4n) is 8.79. The van der Waals surface area contributed by atoms with Crippen LogP contribution in [-0.4, -0.2) is 0 Å². The smallest absolute Gasteiger partial charge is 0.0713 e.